The van der Waals surface area contributed by atoms with Crippen molar-refractivity contribution in [2.75, 3.05) is 13.7 Å². The summed E-state index contributed by atoms with van der Waals surface area (Å²) in [5, 5.41) is 6.45. The van der Waals surface area contributed by atoms with Crippen LogP contribution in [0, 0.1) is 0 Å². The number of aromatic amines is 1. The molecule has 1 aromatic heterocycles. The van der Waals surface area contributed by atoms with E-state index < -0.39 is 0 Å². The summed E-state index contributed by atoms with van der Waals surface area (Å²) in [5.74, 6) is 1.01. The van der Waals surface area contributed by atoms with Gasteiger partial charge >= 0.3 is 5.69 Å². The lowest BCUT2D eigenvalue weighted by molar-refractivity contribution is 0.159. The first-order valence-corrected chi connectivity index (χ1v) is 4.73. The Balaban J connectivity index is 3.04. The van der Waals surface area contributed by atoms with Gasteiger partial charge in [-0.15, -0.1) is 0 Å². The van der Waals surface area contributed by atoms with E-state index in [9.17, 15) is 4.79 Å². The Kier molecular flexibility index (Phi) is 3.46. The molecule has 1 aromatic rings. The number of nitrogens with zero attached hydrogens (tertiary/aromatic N) is 2. The molecule has 0 saturated heterocycles. The number of H-pyrrole nitrogens is 1. The van der Waals surface area contributed by atoms with Gasteiger partial charge in [-0.25, -0.2) is 9.89 Å². The van der Waals surface area contributed by atoms with E-state index in [1.165, 1.54) is 0 Å². The summed E-state index contributed by atoms with van der Waals surface area (Å²) in [7, 11) is 1.62. The zero-order valence-electron chi connectivity index (χ0n) is 9.07. The van der Waals surface area contributed by atoms with Crippen molar-refractivity contribution in [1.29, 1.82) is 0 Å². The number of hydrogen-bond acceptors (Lipinski definition) is 3. The second-order valence-electron chi connectivity index (χ2n) is 3.72. The molecule has 0 aromatic carbocycles. The minimum Gasteiger partial charge on any atom is -0.383 e. The highest BCUT2D eigenvalue weighted by Crippen LogP contribution is 2.13. The van der Waals surface area contributed by atoms with Gasteiger partial charge in [0.25, 0.3) is 0 Å². The number of ether oxygens (including phenoxy) is 1. The van der Waals surface area contributed by atoms with E-state index in [2.05, 4.69) is 10.2 Å². The van der Waals surface area contributed by atoms with Crippen LogP contribution in [0.5, 0.6) is 0 Å². The Hall–Kier alpha value is -1.10. The molecule has 1 unspecified atom stereocenters. The fourth-order valence-corrected chi connectivity index (χ4v) is 1.47. The quantitative estimate of drug-likeness (QED) is 0.783. The van der Waals surface area contributed by atoms with Crippen molar-refractivity contribution in [2.24, 2.45) is 0 Å². The molecular formula is C9H17N3O2. The van der Waals surface area contributed by atoms with E-state index in [1.54, 1.807) is 11.7 Å². The topological polar surface area (TPSA) is 59.9 Å². The van der Waals surface area contributed by atoms with Crippen molar-refractivity contribution < 1.29 is 4.74 Å². The molecule has 1 heterocycles. The third-order valence-corrected chi connectivity index (χ3v) is 2.10. The van der Waals surface area contributed by atoms with Gasteiger partial charge in [0.2, 0.25) is 0 Å². The molecule has 0 aliphatic carbocycles. The lowest BCUT2D eigenvalue weighted by atomic mass is 10.2. The van der Waals surface area contributed by atoms with E-state index >= 15 is 0 Å². The Bertz CT molecular complexity index is 340. The number of hydrogen-bond donors (Lipinski definition) is 1. The standard InChI is InChI=1S/C9H17N3O2/c1-6(2)8-10-11-9(13)12(8)7(3)5-14-4/h6-7H,5H2,1-4H3,(H,11,13). The fraction of sp³-hybridized carbons (Fsp3) is 0.778. The van der Waals surface area contributed by atoms with Crippen LogP contribution in [0.3, 0.4) is 0 Å². The van der Waals surface area contributed by atoms with E-state index in [0.717, 1.165) is 5.82 Å². The van der Waals surface area contributed by atoms with Gasteiger partial charge in [0, 0.05) is 13.0 Å². The molecule has 1 atom stereocenters. The van der Waals surface area contributed by atoms with Gasteiger partial charge in [-0.05, 0) is 6.92 Å². The Labute approximate surface area is 83.1 Å². The minimum absolute atomic E-state index is 0.0173. The van der Waals surface area contributed by atoms with Crippen LogP contribution in [0.25, 0.3) is 0 Å². The summed E-state index contributed by atoms with van der Waals surface area (Å²) in [6, 6.07) is 0.0173. The van der Waals surface area contributed by atoms with Crippen LogP contribution in [-0.4, -0.2) is 28.5 Å². The lowest BCUT2D eigenvalue weighted by Crippen LogP contribution is -2.25. The molecule has 14 heavy (non-hydrogen) atoms. The lowest BCUT2D eigenvalue weighted by Gasteiger charge is -2.14. The number of methoxy groups -OCH3 is 1. The molecule has 1 rings (SSSR count). The maximum absolute atomic E-state index is 11.5. The Morgan fingerprint density at radius 2 is 2.14 bits per heavy atom. The highest BCUT2D eigenvalue weighted by atomic mass is 16.5. The van der Waals surface area contributed by atoms with Crippen molar-refractivity contribution in [3.05, 3.63) is 16.3 Å². The first-order chi connectivity index (χ1) is 6.57. The van der Waals surface area contributed by atoms with Gasteiger partial charge in [-0.2, -0.15) is 5.10 Å². The SMILES string of the molecule is COCC(C)n1c(C(C)C)n[nH]c1=O. The first-order valence-electron chi connectivity index (χ1n) is 4.73. The van der Waals surface area contributed by atoms with E-state index in [4.69, 9.17) is 4.74 Å². The van der Waals surface area contributed by atoms with Gasteiger partial charge in [0.15, 0.2) is 0 Å². The molecule has 0 bridgehead atoms. The molecule has 0 fully saturated rings. The second-order valence-corrected chi connectivity index (χ2v) is 3.72. The molecule has 0 amide bonds. The summed E-state index contributed by atoms with van der Waals surface area (Å²) in [6.45, 7) is 6.46. The zero-order valence-corrected chi connectivity index (χ0v) is 9.07. The van der Waals surface area contributed by atoms with Gasteiger partial charge in [0.1, 0.15) is 5.82 Å². The number of nitrogens with one attached hydrogen (secondary N) is 1. The maximum atomic E-state index is 11.5. The summed E-state index contributed by atoms with van der Waals surface area (Å²) < 4.78 is 6.66. The van der Waals surface area contributed by atoms with Crippen LogP contribution >= 0.6 is 0 Å². The van der Waals surface area contributed by atoms with Crippen molar-refractivity contribution in [3.8, 4) is 0 Å². The van der Waals surface area contributed by atoms with Crippen LogP contribution in [0.2, 0.25) is 0 Å². The molecular weight excluding hydrogens is 182 g/mol. The predicted octanol–water partition coefficient (Wildman–Crippen LogP) is 0.902. The molecule has 0 aliphatic heterocycles. The maximum Gasteiger partial charge on any atom is 0.343 e. The van der Waals surface area contributed by atoms with E-state index in [1.807, 2.05) is 20.8 Å². The predicted molar refractivity (Wildman–Crippen MR) is 53.5 cm³/mol. The molecule has 5 nitrogen and oxygen atoms in total. The van der Waals surface area contributed by atoms with Crippen LogP contribution < -0.4 is 5.69 Å². The van der Waals surface area contributed by atoms with Crippen LogP contribution in [-0.2, 0) is 4.74 Å². The third kappa shape index (κ3) is 2.04. The highest BCUT2D eigenvalue weighted by Gasteiger charge is 2.16. The van der Waals surface area contributed by atoms with Crippen molar-refractivity contribution >= 4 is 0 Å². The van der Waals surface area contributed by atoms with Gasteiger partial charge in [-0.1, -0.05) is 13.8 Å². The zero-order chi connectivity index (χ0) is 10.7. The molecule has 0 saturated carbocycles. The minimum atomic E-state index is -0.168. The normalized spacial score (nSPS) is 13.5. The van der Waals surface area contributed by atoms with Crippen LogP contribution in [0.1, 0.15) is 38.6 Å². The monoisotopic (exact) mass is 199 g/mol. The molecule has 5 heteroatoms. The van der Waals surface area contributed by atoms with Crippen LogP contribution in [0.4, 0.5) is 0 Å². The van der Waals surface area contributed by atoms with Gasteiger partial charge < -0.3 is 4.74 Å². The Morgan fingerprint density at radius 3 is 2.64 bits per heavy atom. The molecule has 0 spiro atoms. The first kappa shape index (κ1) is 11.0. The number of rotatable bonds is 4. The molecule has 0 radical (unpaired) electrons. The molecule has 1 N–H and O–H groups in total. The molecule has 80 valence electrons. The number of aromatic nitrogens is 3. The summed E-state index contributed by atoms with van der Waals surface area (Å²) in [5.41, 5.74) is -0.168. The van der Waals surface area contributed by atoms with E-state index in [-0.39, 0.29) is 17.6 Å². The summed E-state index contributed by atoms with van der Waals surface area (Å²) in [4.78, 5) is 11.5. The van der Waals surface area contributed by atoms with Crippen molar-refractivity contribution in [2.45, 2.75) is 32.7 Å². The largest absolute Gasteiger partial charge is 0.383 e. The second kappa shape index (κ2) is 4.41. The van der Waals surface area contributed by atoms with E-state index in [0.29, 0.717) is 6.61 Å². The average molecular weight is 199 g/mol. The molecule has 0 aliphatic rings. The summed E-state index contributed by atoms with van der Waals surface area (Å²) in [6.07, 6.45) is 0. The van der Waals surface area contributed by atoms with Crippen LogP contribution in [0.15, 0.2) is 4.79 Å². The van der Waals surface area contributed by atoms with Gasteiger partial charge in [0.05, 0.1) is 12.6 Å². The van der Waals surface area contributed by atoms with Crippen molar-refractivity contribution in [1.82, 2.24) is 14.8 Å². The Morgan fingerprint density at radius 1 is 1.50 bits per heavy atom. The van der Waals surface area contributed by atoms with Gasteiger partial charge in [-0.3, -0.25) is 4.57 Å². The third-order valence-electron chi connectivity index (χ3n) is 2.10. The fourth-order valence-electron chi connectivity index (χ4n) is 1.47. The average Bonchev–Trinajstić information content (AvgIpc) is 2.47. The summed E-state index contributed by atoms with van der Waals surface area (Å²) >= 11 is 0. The highest BCUT2D eigenvalue weighted by molar-refractivity contribution is 4.94. The van der Waals surface area contributed by atoms with Crippen molar-refractivity contribution in [3.63, 3.8) is 0 Å². The smallest absolute Gasteiger partial charge is 0.343 e.